The molecule has 2 fully saturated rings. The van der Waals surface area contributed by atoms with Crippen molar-refractivity contribution in [1.29, 1.82) is 0 Å². The Morgan fingerprint density at radius 2 is 1.75 bits per heavy atom. The van der Waals surface area contributed by atoms with Crippen LogP contribution in [0.1, 0.15) is 0 Å². The summed E-state index contributed by atoms with van der Waals surface area (Å²) in [6.07, 6.45) is 0. The second-order valence-electron chi connectivity index (χ2n) is 1.90. The molecule has 7 nitrogen and oxygen atoms in total. The van der Waals surface area contributed by atoms with Crippen molar-refractivity contribution in [3.05, 3.63) is 0 Å². The fourth-order valence-electron chi connectivity index (χ4n) is 0.656. The van der Waals surface area contributed by atoms with E-state index in [1.54, 1.807) is 0 Å². The van der Waals surface area contributed by atoms with Gasteiger partial charge in [-0.15, -0.1) is 0 Å². The molecule has 0 aliphatic carbocycles. The Morgan fingerprint density at radius 1 is 1.17 bits per heavy atom. The van der Waals surface area contributed by atoms with E-state index in [1.165, 1.54) is 0 Å². The highest BCUT2D eigenvalue weighted by atomic mass is 32.2. The first kappa shape index (κ1) is 8.41. The lowest BCUT2D eigenvalue weighted by atomic mass is 10.4. The van der Waals surface area contributed by atoms with Gasteiger partial charge in [0, 0.05) is 0 Å². The van der Waals surface area contributed by atoms with Crippen LogP contribution in [0.25, 0.3) is 0 Å². The van der Waals surface area contributed by atoms with Crippen LogP contribution in [0.4, 0.5) is 0 Å². The molecule has 2 aliphatic rings. The molecule has 0 radical (unpaired) electrons. The molecule has 0 saturated carbocycles. The van der Waals surface area contributed by atoms with Gasteiger partial charge in [-0.05, 0) is 0 Å². The van der Waals surface area contributed by atoms with Gasteiger partial charge in [-0.1, -0.05) is 0 Å². The number of ketones is 1. The van der Waals surface area contributed by atoms with Crippen LogP contribution in [-0.2, 0) is 44.2 Å². The Balaban J connectivity index is 2.17. The third kappa shape index (κ3) is 1.14. The maximum absolute atomic E-state index is 10.9. The van der Waals surface area contributed by atoms with E-state index in [0.717, 1.165) is 0 Å². The van der Waals surface area contributed by atoms with Crippen molar-refractivity contribution < 1.29 is 29.9 Å². The minimum absolute atomic E-state index is 0.455. The Kier molecular flexibility index (Phi) is 1.86. The summed E-state index contributed by atoms with van der Waals surface area (Å²) in [4.78, 5) is 10.9. The molecule has 68 valence electrons. The first-order chi connectivity index (χ1) is 5.62. The molecular formula is C3H2O7S2. The van der Waals surface area contributed by atoms with Crippen LogP contribution in [0.2, 0.25) is 0 Å². The summed E-state index contributed by atoms with van der Waals surface area (Å²) in [7, 11) is 0. The molecule has 12 heavy (non-hydrogen) atoms. The second kappa shape index (κ2) is 2.65. The molecule has 2 saturated heterocycles. The van der Waals surface area contributed by atoms with Crippen molar-refractivity contribution in [2.75, 3.05) is 6.61 Å². The lowest BCUT2D eigenvalue weighted by molar-refractivity contribution is -0.283. The molecule has 0 bridgehead atoms. The molecule has 0 aromatic carbocycles. The van der Waals surface area contributed by atoms with Gasteiger partial charge in [0.25, 0.3) is 5.78 Å². The van der Waals surface area contributed by atoms with Crippen molar-refractivity contribution in [3.8, 4) is 0 Å². The molecule has 2 rings (SSSR count). The fraction of sp³-hybridized carbons (Fsp3) is 0.667. The zero-order valence-electron chi connectivity index (χ0n) is 5.38. The normalized spacial score (nSPS) is 47.5. The number of hydrogen-bond donors (Lipinski definition) is 0. The molecule has 0 N–H and O–H groups in total. The lowest BCUT2D eigenvalue weighted by Crippen LogP contribution is -2.59. The number of Topliss-reactive ketones (excluding diaryl/α,β-unsaturated/α-hetero) is 1. The number of rotatable bonds is 0. The summed E-state index contributed by atoms with van der Waals surface area (Å²) in [5.74, 6) is -2.77. The Bertz CT molecular complexity index is 276. The van der Waals surface area contributed by atoms with Crippen LogP contribution in [-0.4, -0.2) is 26.8 Å². The zero-order chi connectivity index (χ0) is 8.77. The SMILES string of the molecule is O=C1COS(=O)OC12OS(=O)O2. The van der Waals surface area contributed by atoms with Crippen LogP contribution < -0.4 is 0 Å². The topological polar surface area (TPSA) is 88.1 Å². The van der Waals surface area contributed by atoms with Crippen LogP contribution in [0.3, 0.4) is 0 Å². The summed E-state index contributed by atoms with van der Waals surface area (Å²) in [5, 5.41) is 0. The first-order valence-electron chi connectivity index (χ1n) is 2.71. The molecule has 0 amide bonds. The third-order valence-electron chi connectivity index (χ3n) is 1.16. The Hall–Kier alpha value is -0.190. The smallest absolute Gasteiger partial charge is 0.288 e. The quantitative estimate of drug-likeness (QED) is 0.482. The predicted molar refractivity (Wildman–Crippen MR) is 33.2 cm³/mol. The van der Waals surface area contributed by atoms with E-state index < -0.39 is 41.1 Å². The van der Waals surface area contributed by atoms with E-state index in [0.29, 0.717) is 0 Å². The van der Waals surface area contributed by atoms with Crippen LogP contribution >= 0.6 is 0 Å². The molecule has 2 aliphatic heterocycles. The average Bonchev–Trinajstić information content (AvgIpc) is 1.94. The average molecular weight is 214 g/mol. The predicted octanol–water partition coefficient (Wildman–Crippen LogP) is -1.54. The van der Waals surface area contributed by atoms with E-state index in [-0.39, 0.29) is 0 Å². The second-order valence-corrected chi connectivity index (χ2v) is 3.45. The summed E-state index contributed by atoms with van der Waals surface area (Å²) in [5.41, 5.74) is 0. The molecule has 1 atom stereocenters. The van der Waals surface area contributed by atoms with Crippen molar-refractivity contribution in [2.24, 2.45) is 0 Å². The molecule has 1 spiro atoms. The highest BCUT2D eigenvalue weighted by molar-refractivity contribution is 7.77. The van der Waals surface area contributed by atoms with Crippen LogP contribution in [0.15, 0.2) is 0 Å². The molecular weight excluding hydrogens is 212 g/mol. The summed E-state index contributed by atoms with van der Waals surface area (Å²) in [6, 6.07) is 0. The molecule has 0 aromatic rings. The summed E-state index contributed by atoms with van der Waals surface area (Å²) < 4.78 is 38.3. The molecule has 0 aromatic heterocycles. The van der Waals surface area contributed by atoms with Crippen molar-refractivity contribution >= 4 is 28.5 Å². The third-order valence-corrected chi connectivity index (χ3v) is 2.54. The van der Waals surface area contributed by atoms with Gasteiger partial charge in [0.05, 0.1) is 0 Å². The fourth-order valence-corrected chi connectivity index (χ4v) is 1.96. The van der Waals surface area contributed by atoms with Gasteiger partial charge < -0.3 is 0 Å². The van der Waals surface area contributed by atoms with E-state index in [9.17, 15) is 13.2 Å². The minimum atomic E-state index is -2.10. The van der Waals surface area contributed by atoms with Crippen LogP contribution in [0, 0.1) is 0 Å². The first-order valence-corrected chi connectivity index (χ1v) is 4.71. The lowest BCUT2D eigenvalue weighted by Gasteiger charge is -2.36. The van der Waals surface area contributed by atoms with E-state index in [1.807, 2.05) is 0 Å². The molecule has 1 unspecified atom stereocenters. The van der Waals surface area contributed by atoms with Crippen molar-refractivity contribution in [2.45, 2.75) is 5.97 Å². The van der Waals surface area contributed by atoms with Crippen LogP contribution in [0.5, 0.6) is 0 Å². The zero-order valence-corrected chi connectivity index (χ0v) is 7.01. The van der Waals surface area contributed by atoms with Gasteiger partial charge in [0.15, 0.2) is 0 Å². The minimum Gasteiger partial charge on any atom is -0.288 e. The summed E-state index contributed by atoms with van der Waals surface area (Å²) in [6.45, 7) is -0.455. The Morgan fingerprint density at radius 3 is 2.33 bits per heavy atom. The molecule has 2 heterocycles. The number of hydrogen-bond acceptors (Lipinski definition) is 7. The highest BCUT2D eigenvalue weighted by Gasteiger charge is 2.60. The van der Waals surface area contributed by atoms with Gasteiger partial charge in [-0.3, -0.25) is 8.98 Å². The van der Waals surface area contributed by atoms with Gasteiger partial charge >= 0.3 is 28.7 Å². The highest BCUT2D eigenvalue weighted by Crippen LogP contribution is 2.33. The summed E-state index contributed by atoms with van der Waals surface area (Å²) >= 11 is -4.10. The van der Waals surface area contributed by atoms with Crippen molar-refractivity contribution in [1.82, 2.24) is 0 Å². The number of carbonyl (C=O) groups excluding carboxylic acids is 1. The Labute approximate surface area is 71.7 Å². The largest absolute Gasteiger partial charge is 0.392 e. The van der Waals surface area contributed by atoms with Gasteiger partial charge in [-0.25, -0.2) is 0 Å². The van der Waals surface area contributed by atoms with E-state index in [4.69, 9.17) is 0 Å². The van der Waals surface area contributed by atoms with E-state index in [2.05, 4.69) is 16.7 Å². The van der Waals surface area contributed by atoms with Crippen molar-refractivity contribution in [3.63, 3.8) is 0 Å². The molecule has 9 heteroatoms. The van der Waals surface area contributed by atoms with Gasteiger partial charge in [0.1, 0.15) is 6.61 Å². The standard InChI is InChI=1S/C3H2O7S2/c4-2-1-7-11(5)8-3(2)9-12(6)10-3/h1H2. The maximum atomic E-state index is 10.9. The van der Waals surface area contributed by atoms with E-state index >= 15 is 0 Å². The van der Waals surface area contributed by atoms with Gasteiger partial charge in [0.2, 0.25) is 0 Å². The van der Waals surface area contributed by atoms with Gasteiger partial charge in [-0.2, -0.15) is 21.0 Å². The number of carbonyl (C=O) groups is 1. The maximum Gasteiger partial charge on any atom is 0.392 e. The monoisotopic (exact) mass is 214 g/mol.